The molecule has 1 amide bonds. The van der Waals surface area contributed by atoms with Gasteiger partial charge in [0, 0.05) is 45.5 Å². The number of unbranched alkanes of at least 4 members (excludes halogenated alkanes) is 3. The Kier molecular flexibility index (Phi) is 8.79. The monoisotopic (exact) mass is 359 g/mol. The van der Waals surface area contributed by atoms with Crippen molar-refractivity contribution in [3.05, 3.63) is 30.3 Å². The van der Waals surface area contributed by atoms with Crippen LogP contribution in [-0.4, -0.2) is 63.1 Å². The van der Waals surface area contributed by atoms with Gasteiger partial charge in [-0.15, -0.1) is 0 Å². The number of piperazine rings is 1. The van der Waals surface area contributed by atoms with E-state index in [0.29, 0.717) is 12.5 Å². The summed E-state index contributed by atoms with van der Waals surface area (Å²) in [6.45, 7) is 6.67. The molecule has 1 saturated heterocycles. The van der Waals surface area contributed by atoms with Crippen LogP contribution in [0.2, 0.25) is 0 Å². The molecule has 1 aromatic carbocycles. The average molecular weight is 360 g/mol. The topological polar surface area (TPSA) is 60.0 Å². The Balaban J connectivity index is 1.66. The summed E-state index contributed by atoms with van der Waals surface area (Å²) < 4.78 is 0. The van der Waals surface area contributed by atoms with Crippen LogP contribution in [0.25, 0.3) is 0 Å². The fourth-order valence-corrected chi connectivity index (χ4v) is 3.10. The van der Waals surface area contributed by atoms with E-state index in [9.17, 15) is 4.79 Å². The number of benzene rings is 1. The zero-order valence-electron chi connectivity index (χ0n) is 16.2. The van der Waals surface area contributed by atoms with Crippen molar-refractivity contribution in [3.8, 4) is 0 Å². The fraction of sp³-hybridized carbons (Fsp3) is 0.600. The summed E-state index contributed by atoms with van der Waals surface area (Å²) in [7, 11) is 1.74. The first-order valence-corrected chi connectivity index (χ1v) is 9.77. The predicted molar refractivity (Wildman–Crippen MR) is 109 cm³/mol. The molecule has 26 heavy (non-hydrogen) atoms. The van der Waals surface area contributed by atoms with Gasteiger partial charge in [0.2, 0.25) is 5.91 Å². The maximum Gasteiger partial charge on any atom is 0.242 e. The number of carbonyl (C=O) groups is 1. The smallest absolute Gasteiger partial charge is 0.242 e. The molecule has 0 unspecified atom stereocenters. The van der Waals surface area contributed by atoms with Crippen LogP contribution in [0, 0.1) is 0 Å². The Labute approximate surface area is 157 Å². The van der Waals surface area contributed by atoms with Crippen molar-refractivity contribution in [2.24, 2.45) is 4.99 Å². The highest BCUT2D eigenvalue weighted by atomic mass is 16.2. The van der Waals surface area contributed by atoms with Gasteiger partial charge in [0.05, 0.1) is 6.54 Å². The van der Waals surface area contributed by atoms with Crippen LogP contribution >= 0.6 is 0 Å². The molecule has 0 radical (unpaired) electrons. The van der Waals surface area contributed by atoms with Crippen LogP contribution < -0.4 is 15.5 Å². The lowest BCUT2D eigenvalue weighted by Crippen LogP contribution is -2.52. The van der Waals surface area contributed by atoms with Crippen molar-refractivity contribution in [1.29, 1.82) is 0 Å². The molecule has 2 rings (SSSR count). The number of nitrogens with one attached hydrogen (secondary N) is 2. The number of amides is 1. The molecule has 0 aromatic heterocycles. The number of carbonyl (C=O) groups excluding carboxylic acids is 1. The van der Waals surface area contributed by atoms with Gasteiger partial charge in [0.1, 0.15) is 0 Å². The number of hydrogen-bond acceptors (Lipinski definition) is 3. The third-order valence-corrected chi connectivity index (χ3v) is 4.71. The van der Waals surface area contributed by atoms with Crippen molar-refractivity contribution in [2.75, 3.05) is 51.2 Å². The Morgan fingerprint density at radius 1 is 1.04 bits per heavy atom. The number of para-hydroxylation sites is 1. The lowest BCUT2D eigenvalue weighted by atomic mass is 10.2. The summed E-state index contributed by atoms with van der Waals surface area (Å²) in [5.41, 5.74) is 1.23. The van der Waals surface area contributed by atoms with Crippen LogP contribution in [0.4, 0.5) is 5.69 Å². The van der Waals surface area contributed by atoms with E-state index >= 15 is 0 Å². The van der Waals surface area contributed by atoms with Crippen molar-refractivity contribution in [1.82, 2.24) is 15.5 Å². The van der Waals surface area contributed by atoms with Gasteiger partial charge in [-0.2, -0.15) is 0 Å². The number of guanidine groups is 1. The van der Waals surface area contributed by atoms with Gasteiger partial charge in [0.15, 0.2) is 5.96 Å². The lowest BCUT2D eigenvalue weighted by molar-refractivity contribution is -0.130. The van der Waals surface area contributed by atoms with Gasteiger partial charge in [-0.05, 0) is 18.6 Å². The van der Waals surface area contributed by atoms with E-state index in [1.165, 1.54) is 24.9 Å². The molecule has 0 saturated carbocycles. The molecule has 1 aliphatic rings. The van der Waals surface area contributed by atoms with Crippen LogP contribution in [0.3, 0.4) is 0 Å². The van der Waals surface area contributed by atoms with Gasteiger partial charge < -0.3 is 20.4 Å². The zero-order valence-corrected chi connectivity index (χ0v) is 16.2. The minimum atomic E-state index is 0.131. The van der Waals surface area contributed by atoms with Gasteiger partial charge in [-0.3, -0.25) is 9.79 Å². The molecule has 1 heterocycles. The Hall–Kier alpha value is -2.24. The lowest BCUT2D eigenvalue weighted by Gasteiger charge is -2.36. The zero-order chi connectivity index (χ0) is 18.6. The first-order valence-electron chi connectivity index (χ1n) is 9.77. The number of hydrogen-bond donors (Lipinski definition) is 2. The number of rotatable bonds is 8. The minimum Gasteiger partial charge on any atom is -0.368 e. The van der Waals surface area contributed by atoms with Gasteiger partial charge in [-0.25, -0.2) is 0 Å². The molecule has 2 N–H and O–H groups in total. The summed E-state index contributed by atoms with van der Waals surface area (Å²) in [5.74, 6) is 0.837. The second kappa shape index (κ2) is 11.4. The molecular weight excluding hydrogens is 326 g/mol. The maximum atomic E-state index is 12.4. The largest absolute Gasteiger partial charge is 0.368 e. The van der Waals surface area contributed by atoms with Crippen molar-refractivity contribution < 1.29 is 4.79 Å². The van der Waals surface area contributed by atoms with Crippen LogP contribution in [0.5, 0.6) is 0 Å². The van der Waals surface area contributed by atoms with E-state index in [1.807, 2.05) is 11.0 Å². The first kappa shape index (κ1) is 20.1. The fourth-order valence-electron chi connectivity index (χ4n) is 3.10. The summed E-state index contributed by atoms with van der Waals surface area (Å²) in [6, 6.07) is 10.4. The maximum absolute atomic E-state index is 12.4. The first-order chi connectivity index (χ1) is 12.7. The van der Waals surface area contributed by atoms with Crippen molar-refractivity contribution >= 4 is 17.6 Å². The molecule has 0 spiro atoms. The molecule has 0 bridgehead atoms. The van der Waals surface area contributed by atoms with E-state index in [2.05, 4.69) is 51.7 Å². The van der Waals surface area contributed by atoms with Crippen LogP contribution in [0.1, 0.15) is 32.6 Å². The van der Waals surface area contributed by atoms with E-state index in [-0.39, 0.29) is 5.91 Å². The van der Waals surface area contributed by atoms with Crippen LogP contribution in [-0.2, 0) is 4.79 Å². The third kappa shape index (κ3) is 6.58. The predicted octanol–water partition coefficient (Wildman–Crippen LogP) is 2.08. The summed E-state index contributed by atoms with van der Waals surface area (Å²) in [6.07, 6.45) is 4.86. The van der Waals surface area contributed by atoms with E-state index in [1.54, 1.807) is 7.05 Å². The standard InChI is InChI=1S/C20H33N5O/c1-3-4-5-9-12-22-20(21-2)23-17-19(26)25-15-13-24(14-16-25)18-10-7-6-8-11-18/h6-8,10-11H,3-5,9,12-17H2,1-2H3,(H2,21,22,23). The number of nitrogens with zero attached hydrogens (tertiary/aromatic N) is 3. The highest BCUT2D eigenvalue weighted by Gasteiger charge is 2.21. The van der Waals surface area contributed by atoms with Crippen LogP contribution in [0.15, 0.2) is 35.3 Å². The molecular formula is C20H33N5O. The molecule has 6 heteroatoms. The Morgan fingerprint density at radius 3 is 2.42 bits per heavy atom. The normalized spacial score (nSPS) is 15.1. The van der Waals surface area contributed by atoms with E-state index in [4.69, 9.17) is 0 Å². The average Bonchev–Trinajstić information content (AvgIpc) is 2.70. The second-order valence-electron chi connectivity index (χ2n) is 6.62. The summed E-state index contributed by atoms with van der Waals surface area (Å²) >= 11 is 0. The third-order valence-electron chi connectivity index (χ3n) is 4.71. The molecule has 6 nitrogen and oxygen atoms in total. The van der Waals surface area contributed by atoms with Crippen molar-refractivity contribution in [3.63, 3.8) is 0 Å². The Bertz CT molecular complexity index is 553. The Morgan fingerprint density at radius 2 is 1.77 bits per heavy atom. The molecule has 0 atom stereocenters. The molecule has 1 aliphatic heterocycles. The molecule has 1 aromatic rings. The van der Waals surface area contributed by atoms with Gasteiger partial charge in [0.25, 0.3) is 0 Å². The molecule has 144 valence electrons. The second-order valence-corrected chi connectivity index (χ2v) is 6.62. The van der Waals surface area contributed by atoms with E-state index in [0.717, 1.165) is 39.1 Å². The highest BCUT2D eigenvalue weighted by molar-refractivity contribution is 5.86. The number of aliphatic imine (C=N–C) groups is 1. The van der Waals surface area contributed by atoms with Crippen molar-refractivity contribution in [2.45, 2.75) is 32.6 Å². The SMILES string of the molecule is CCCCCCNC(=NC)NCC(=O)N1CCN(c2ccccc2)CC1. The number of anilines is 1. The van der Waals surface area contributed by atoms with Gasteiger partial charge in [-0.1, -0.05) is 44.4 Å². The molecule has 1 fully saturated rings. The highest BCUT2D eigenvalue weighted by Crippen LogP contribution is 2.15. The molecule has 0 aliphatic carbocycles. The summed E-state index contributed by atoms with van der Waals surface area (Å²) in [4.78, 5) is 20.9. The quantitative estimate of drug-likeness (QED) is 0.424. The van der Waals surface area contributed by atoms with Gasteiger partial charge >= 0.3 is 0 Å². The minimum absolute atomic E-state index is 0.131. The summed E-state index contributed by atoms with van der Waals surface area (Å²) in [5, 5.41) is 6.41. The van der Waals surface area contributed by atoms with E-state index < -0.39 is 0 Å².